The van der Waals surface area contributed by atoms with E-state index in [4.69, 9.17) is 0 Å². The predicted molar refractivity (Wildman–Crippen MR) is 72.7 cm³/mol. The van der Waals surface area contributed by atoms with Crippen molar-refractivity contribution in [3.05, 3.63) is 12.3 Å². The highest BCUT2D eigenvalue weighted by Gasteiger charge is 2.14. The van der Waals surface area contributed by atoms with Crippen molar-refractivity contribution in [1.29, 1.82) is 0 Å². The highest BCUT2D eigenvalue weighted by molar-refractivity contribution is 5.84. The first-order chi connectivity index (χ1) is 8.40. The van der Waals surface area contributed by atoms with Gasteiger partial charge in [-0.15, -0.1) is 0 Å². The number of carbonyl (C=O) groups is 1. The monoisotopic (exact) mass is 251 g/mol. The fourth-order valence-corrected chi connectivity index (χ4v) is 1.34. The zero-order valence-electron chi connectivity index (χ0n) is 11.6. The lowest BCUT2D eigenvalue weighted by Gasteiger charge is -2.17. The largest absolute Gasteiger partial charge is 0.358 e. The fourth-order valence-electron chi connectivity index (χ4n) is 1.34. The summed E-state index contributed by atoms with van der Waals surface area (Å²) in [6.45, 7) is 5.66. The van der Waals surface area contributed by atoms with Gasteiger partial charge in [0.1, 0.15) is 11.9 Å². The van der Waals surface area contributed by atoms with Crippen LogP contribution in [0.5, 0.6) is 0 Å². The van der Waals surface area contributed by atoms with Crippen LogP contribution in [0.2, 0.25) is 0 Å². The third-order valence-corrected chi connectivity index (χ3v) is 2.23. The maximum Gasteiger partial charge on any atom is 0.242 e. The quantitative estimate of drug-likeness (QED) is 0.812. The summed E-state index contributed by atoms with van der Waals surface area (Å²) < 4.78 is 0. The standard InChI is InChI=1S/C12H21N5O/c1-8(2)14-11(18)9(3)15-10-6-7-13-12(16-10)17(4)5/h6-9H,1-5H3,(H,14,18)(H,13,15,16). The van der Waals surface area contributed by atoms with Gasteiger partial charge in [-0.2, -0.15) is 4.98 Å². The zero-order chi connectivity index (χ0) is 13.7. The molecule has 0 aliphatic carbocycles. The number of aromatic nitrogens is 2. The first-order valence-electron chi connectivity index (χ1n) is 5.97. The molecular weight excluding hydrogens is 230 g/mol. The molecule has 1 aromatic heterocycles. The Morgan fingerprint density at radius 2 is 2.00 bits per heavy atom. The molecule has 0 saturated carbocycles. The molecule has 2 N–H and O–H groups in total. The van der Waals surface area contributed by atoms with Crippen molar-refractivity contribution in [3.63, 3.8) is 0 Å². The molecule has 0 saturated heterocycles. The van der Waals surface area contributed by atoms with Gasteiger partial charge in [0.25, 0.3) is 0 Å². The van der Waals surface area contributed by atoms with Crippen LogP contribution in [-0.2, 0) is 4.79 Å². The molecule has 1 atom stereocenters. The molecule has 0 fully saturated rings. The molecule has 6 heteroatoms. The molecule has 0 aliphatic rings. The molecule has 0 spiro atoms. The molecule has 1 aromatic rings. The van der Waals surface area contributed by atoms with Crippen LogP contribution in [0.3, 0.4) is 0 Å². The maximum absolute atomic E-state index is 11.7. The minimum atomic E-state index is -0.336. The van der Waals surface area contributed by atoms with Crippen molar-refractivity contribution in [3.8, 4) is 0 Å². The van der Waals surface area contributed by atoms with Gasteiger partial charge in [-0.1, -0.05) is 0 Å². The summed E-state index contributed by atoms with van der Waals surface area (Å²) in [5, 5.41) is 5.90. The second kappa shape index (κ2) is 6.18. The van der Waals surface area contributed by atoms with Crippen molar-refractivity contribution >= 4 is 17.7 Å². The first kappa shape index (κ1) is 14.2. The number of amides is 1. The Balaban J connectivity index is 2.66. The van der Waals surface area contributed by atoms with Gasteiger partial charge in [0, 0.05) is 26.3 Å². The third kappa shape index (κ3) is 4.20. The second-order valence-electron chi connectivity index (χ2n) is 4.67. The minimum Gasteiger partial charge on any atom is -0.358 e. The van der Waals surface area contributed by atoms with Crippen LogP contribution in [-0.4, -0.2) is 42.1 Å². The van der Waals surface area contributed by atoms with Crippen molar-refractivity contribution in [2.75, 3.05) is 24.3 Å². The smallest absolute Gasteiger partial charge is 0.242 e. The Bertz CT molecular complexity index is 405. The van der Waals surface area contributed by atoms with E-state index in [9.17, 15) is 4.79 Å². The minimum absolute atomic E-state index is 0.0463. The molecule has 6 nitrogen and oxygen atoms in total. The highest BCUT2D eigenvalue weighted by atomic mass is 16.2. The van der Waals surface area contributed by atoms with Crippen molar-refractivity contribution in [2.24, 2.45) is 0 Å². The van der Waals surface area contributed by atoms with E-state index in [-0.39, 0.29) is 18.0 Å². The van der Waals surface area contributed by atoms with Crippen molar-refractivity contribution in [1.82, 2.24) is 15.3 Å². The number of anilines is 2. The fraction of sp³-hybridized carbons (Fsp3) is 0.583. The van der Waals surface area contributed by atoms with Crippen LogP contribution < -0.4 is 15.5 Å². The molecule has 100 valence electrons. The van der Waals surface area contributed by atoms with Crippen LogP contribution in [0.25, 0.3) is 0 Å². The van der Waals surface area contributed by atoms with Crippen LogP contribution in [0, 0.1) is 0 Å². The lowest BCUT2D eigenvalue weighted by molar-refractivity contribution is -0.122. The summed E-state index contributed by atoms with van der Waals surface area (Å²) in [5.41, 5.74) is 0. The Kier molecular flexibility index (Phi) is 4.88. The van der Waals surface area contributed by atoms with E-state index in [0.717, 1.165) is 0 Å². The van der Waals surface area contributed by atoms with Gasteiger partial charge < -0.3 is 15.5 Å². The van der Waals surface area contributed by atoms with Gasteiger partial charge >= 0.3 is 0 Å². The Morgan fingerprint density at radius 1 is 1.33 bits per heavy atom. The summed E-state index contributed by atoms with van der Waals surface area (Å²) in [4.78, 5) is 22.0. The van der Waals surface area contributed by atoms with E-state index < -0.39 is 0 Å². The highest BCUT2D eigenvalue weighted by Crippen LogP contribution is 2.09. The molecule has 0 aliphatic heterocycles. The number of hydrogen-bond donors (Lipinski definition) is 2. The maximum atomic E-state index is 11.7. The molecule has 1 heterocycles. The molecule has 0 radical (unpaired) electrons. The number of carbonyl (C=O) groups excluding carboxylic acids is 1. The molecule has 0 bridgehead atoms. The molecular formula is C12H21N5O. The van der Waals surface area contributed by atoms with Crippen LogP contribution in [0.1, 0.15) is 20.8 Å². The van der Waals surface area contributed by atoms with Gasteiger partial charge in [0.15, 0.2) is 0 Å². The van der Waals surface area contributed by atoms with Gasteiger partial charge in [-0.25, -0.2) is 4.98 Å². The second-order valence-corrected chi connectivity index (χ2v) is 4.67. The average Bonchev–Trinajstić information content (AvgIpc) is 2.28. The Hall–Kier alpha value is -1.85. The first-order valence-corrected chi connectivity index (χ1v) is 5.97. The summed E-state index contributed by atoms with van der Waals surface area (Å²) in [6, 6.07) is 1.54. The Labute approximate surface area is 108 Å². The van der Waals surface area contributed by atoms with Crippen LogP contribution >= 0.6 is 0 Å². The summed E-state index contributed by atoms with van der Waals surface area (Å²) in [5.74, 6) is 1.20. The summed E-state index contributed by atoms with van der Waals surface area (Å²) >= 11 is 0. The van der Waals surface area contributed by atoms with Gasteiger partial charge in [0.05, 0.1) is 0 Å². The lowest BCUT2D eigenvalue weighted by Crippen LogP contribution is -2.41. The SMILES string of the molecule is CC(C)NC(=O)C(C)Nc1ccnc(N(C)C)n1. The van der Waals surface area contributed by atoms with Gasteiger partial charge in [-0.3, -0.25) is 4.79 Å². The van der Waals surface area contributed by atoms with Gasteiger partial charge in [0.2, 0.25) is 11.9 Å². The summed E-state index contributed by atoms with van der Waals surface area (Å²) in [6.07, 6.45) is 1.66. The van der Waals surface area contributed by atoms with E-state index in [1.807, 2.05) is 32.8 Å². The van der Waals surface area contributed by atoms with E-state index in [0.29, 0.717) is 11.8 Å². The topological polar surface area (TPSA) is 70.2 Å². The van der Waals surface area contributed by atoms with E-state index in [2.05, 4.69) is 20.6 Å². The van der Waals surface area contributed by atoms with Crippen LogP contribution in [0.15, 0.2) is 12.3 Å². The van der Waals surface area contributed by atoms with Crippen molar-refractivity contribution < 1.29 is 4.79 Å². The summed E-state index contributed by atoms with van der Waals surface area (Å²) in [7, 11) is 3.74. The average molecular weight is 251 g/mol. The van der Waals surface area contributed by atoms with E-state index in [1.54, 1.807) is 19.2 Å². The molecule has 1 rings (SSSR count). The Morgan fingerprint density at radius 3 is 2.56 bits per heavy atom. The molecule has 1 unspecified atom stereocenters. The number of hydrogen-bond acceptors (Lipinski definition) is 5. The van der Waals surface area contributed by atoms with E-state index >= 15 is 0 Å². The lowest BCUT2D eigenvalue weighted by atomic mass is 10.3. The zero-order valence-corrected chi connectivity index (χ0v) is 11.6. The number of nitrogens with zero attached hydrogens (tertiary/aromatic N) is 3. The molecule has 18 heavy (non-hydrogen) atoms. The van der Waals surface area contributed by atoms with Crippen molar-refractivity contribution in [2.45, 2.75) is 32.9 Å². The number of rotatable bonds is 5. The van der Waals surface area contributed by atoms with E-state index in [1.165, 1.54) is 0 Å². The van der Waals surface area contributed by atoms with Gasteiger partial charge in [-0.05, 0) is 26.8 Å². The predicted octanol–water partition coefficient (Wildman–Crippen LogP) is 0.868. The molecule has 0 aromatic carbocycles. The third-order valence-electron chi connectivity index (χ3n) is 2.23. The normalized spacial score (nSPS) is 12.1. The van der Waals surface area contributed by atoms with Crippen LogP contribution in [0.4, 0.5) is 11.8 Å². The molecule has 1 amide bonds. The number of nitrogens with one attached hydrogen (secondary N) is 2.